The monoisotopic (exact) mass is 247 g/mol. The second-order valence-corrected chi connectivity index (χ2v) is 3.50. The number of hydrogen-bond acceptors (Lipinski definition) is 5. The van der Waals surface area contributed by atoms with Crippen LogP contribution in [0.15, 0.2) is 41.0 Å². The quantitative estimate of drug-likeness (QED) is 0.827. The van der Waals surface area contributed by atoms with Gasteiger partial charge in [-0.15, -0.1) is 0 Å². The lowest BCUT2D eigenvalue weighted by Crippen LogP contribution is -2.20. The van der Waals surface area contributed by atoms with Crippen LogP contribution in [0, 0.1) is 0 Å². The van der Waals surface area contributed by atoms with Gasteiger partial charge in [0, 0.05) is 6.54 Å². The second-order valence-electron chi connectivity index (χ2n) is 3.50. The molecule has 6 nitrogen and oxygen atoms in total. The standard InChI is InChI=1S/C12H13N3O3/c13-6-9-7-18-12(14-9)15-11(16)8-17-10-4-2-1-3-5-10/h1-5,7H,6,8,13H2,(H,14,15,16). The number of nitrogens with zero attached hydrogens (tertiary/aromatic N) is 1. The van der Waals surface area contributed by atoms with E-state index in [9.17, 15) is 4.79 Å². The number of hydrogen-bond donors (Lipinski definition) is 2. The van der Waals surface area contributed by atoms with Crippen LogP contribution in [0.1, 0.15) is 5.69 Å². The third-order valence-corrected chi connectivity index (χ3v) is 2.12. The first-order valence-electron chi connectivity index (χ1n) is 5.40. The van der Waals surface area contributed by atoms with Crippen molar-refractivity contribution in [1.82, 2.24) is 4.98 Å². The molecule has 0 atom stereocenters. The van der Waals surface area contributed by atoms with Crippen molar-refractivity contribution in [2.75, 3.05) is 11.9 Å². The van der Waals surface area contributed by atoms with E-state index < -0.39 is 0 Å². The summed E-state index contributed by atoms with van der Waals surface area (Å²) in [6.07, 6.45) is 1.40. The van der Waals surface area contributed by atoms with Gasteiger partial charge in [0.25, 0.3) is 5.91 Å². The predicted octanol–water partition coefficient (Wildman–Crippen LogP) is 1.15. The van der Waals surface area contributed by atoms with Gasteiger partial charge in [0.15, 0.2) is 6.61 Å². The molecule has 0 bridgehead atoms. The summed E-state index contributed by atoms with van der Waals surface area (Å²) >= 11 is 0. The van der Waals surface area contributed by atoms with E-state index in [0.717, 1.165) is 0 Å². The van der Waals surface area contributed by atoms with E-state index in [2.05, 4.69) is 10.3 Å². The molecule has 0 saturated carbocycles. The van der Waals surface area contributed by atoms with E-state index in [1.165, 1.54) is 6.26 Å². The van der Waals surface area contributed by atoms with Crippen LogP contribution in [0.2, 0.25) is 0 Å². The summed E-state index contributed by atoms with van der Waals surface area (Å²) in [5.74, 6) is 0.284. The predicted molar refractivity (Wildman–Crippen MR) is 65.0 cm³/mol. The van der Waals surface area contributed by atoms with Gasteiger partial charge in [-0.2, -0.15) is 4.98 Å². The molecule has 0 aliphatic carbocycles. The Morgan fingerprint density at radius 2 is 2.17 bits per heavy atom. The normalized spacial score (nSPS) is 10.1. The van der Waals surface area contributed by atoms with Crippen LogP contribution in [0.25, 0.3) is 0 Å². The highest BCUT2D eigenvalue weighted by molar-refractivity contribution is 5.89. The Morgan fingerprint density at radius 1 is 1.39 bits per heavy atom. The van der Waals surface area contributed by atoms with E-state index in [4.69, 9.17) is 14.9 Å². The van der Waals surface area contributed by atoms with Gasteiger partial charge >= 0.3 is 6.01 Å². The van der Waals surface area contributed by atoms with Crippen molar-refractivity contribution in [2.45, 2.75) is 6.54 Å². The Hall–Kier alpha value is -2.34. The summed E-state index contributed by atoms with van der Waals surface area (Å²) in [5, 5.41) is 2.47. The Morgan fingerprint density at radius 3 is 2.83 bits per heavy atom. The molecular weight excluding hydrogens is 234 g/mol. The summed E-state index contributed by atoms with van der Waals surface area (Å²) in [5.41, 5.74) is 5.95. The molecule has 6 heteroatoms. The van der Waals surface area contributed by atoms with Crippen molar-refractivity contribution < 1.29 is 13.9 Å². The van der Waals surface area contributed by atoms with Gasteiger partial charge in [0.1, 0.15) is 12.0 Å². The molecule has 2 aromatic rings. The minimum absolute atomic E-state index is 0.107. The number of aromatic nitrogens is 1. The third-order valence-electron chi connectivity index (χ3n) is 2.12. The number of nitrogens with two attached hydrogens (primary N) is 1. The average molecular weight is 247 g/mol. The van der Waals surface area contributed by atoms with Crippen LogP contribution < -0.4 is 15.8 Å². The zero-order valence-electron chi connectivity index (χ0n) is 9.63. The van der Waals surface area contributed by atoms with Crippen LogP contribution in [0.3, 0.4) is 0 Å². The summed E-state index contributed by atoms with van der Waals surface area (Å²) in [6, 6.07) is 9.19. The molecule has 3 N–H and O–H groups in total. The number of oxazole rings is 1. The molecule has 0 radical (unpaired) electrons. The molecule has 1 heterocycles. The molecule has 94 valence electrons. The van der Waals surface area contributed by atoms with Gasteiger partial charge in [-0.3, -0.25) is 10.1 Å². The fraction of sp³-hybridized carbons (Fsp3) is 0.167. The highest BCUT2D eigenvalue weighted by atomic mass is 16.5. The number of carbonyl (C=O) groups excluding carboxylic acids is 1. The summed E-state index contributed by atoms with van der Waals surface area (Å²) in [7, 11) is 0. The molecule has 0 unspecified atom stereocenters. The minimum Gasteiger partial charge on any atom is -0.484 e. The van der Waals surface area contributed by atoms with Gasteiger partial charge in [-0.1, -0.05) is 18.2 Å². The first kappa shape index (κ1) is 12.1. The summed E-state index contributed by atoms with van der Waals surface area (Å²) in [4.78, 5) is 15.5. The average Bonchev–Trinajstić information content (AvgIpc) is 2.85. The third kappa shape index (κ3) is 3.33. The smallest absolute Gasteiger partial charge is 0.301 e. The van der Waals surface area contributed by atoms with Crippen molar-refractivity contribution in [3.05, 3.63) is 42.3 Å². The van der Waals surface area contributed by atoms with Crippen LogP contribution in [0.5, 0.6) is 5.75 Å². The molecule has 1 aromatic heterocycles. The summed E-state index contributed by atoms with van der Waals surface area (Å²) < 4.78 is 10.3. The summed E-state index contributed by atoms with van der Waals surface area (Å²) in [6.45, 7) is 0.157. The Labute approximate surface area is 104 Å². The van der Waals surface area contributed by atoms with E-state index in [1.807, 2.05) is 18.2 Å². The molecular formula is C12H13N3O3. The van der Waals surface area contributed by atoms with E-state index >= 15 is 0 Å². The number of benzene rings is 1. The Bertz CT molecular complexity index is 510. The van der Waals surface area contributed by atoms with Gasteiger partial charge in [0.05, 0.1) is 5.69 Å². The SMILES string of the molecule is NCc1coc(NC(=O)COc2ccccc2)n1. The molecule has 1 aromatic carbocycles. The number of nitrogens with one attached hydrogen (secondary N) is 1. The molecule has 2 rings (SSSR count). The fourth-order valence-corrected chi connectivity index (χ4v) is 1.28. The Balaban J connectivity index is 1.82. The first-order valence-corrected chi connectivity index (χ1v) is 5.40. The largest absolute Gasteiger partial charge is 0.484 e. The lowest BCUT2D eigenvalue weighted by Gasteiger charge is -2.04. The van der Waals surface area contributed by atoms with E-state index in [-0.39, 0.29) is 25.1 Å². The molecule has 0 aliphatic rings. The van der Waals surface area contributed by atoms with Crippen molar-refractivity contribution >= 4 is 11.9 Å². The maximum absolute atomic E-state index is 11.5. The number of anilines is 1. The number of para-hydroxylation sites is 1. The zero-order chi connectivity index (χ0) is 12.8. The number of amides is 1. The number of ether oxygens (including phenoxy) is 1. The maximum atomic E-state index is 11.5. The molecule has 18 heavy (non-hydrogen) atoms. The molecule has 1 amide bonds. The van der Waals surface area contributed by atoms with E-state index in [1.54, 1.807) is 12.1 Å². The lowest BCUT2D eigenvalue weighted by molar-refractivity contribution is -0.118. The fourth-order valence-electron chi connectivity index (χ4n) is 1.28. The highest BCUT2D eigenvalue weighted by Crippen LogP contribution is 2.09. The molecule has 0 fully saturated rings. The van der Waals surface area contributed by atoms with Gasteiger partial charge in [-0.25, -0.2) is 0 Å². The zero-order valence-corrected chi connectivity index (χ0v) is 9.63. The van der Waals surface area contributed by atoms with Crippen molar-refractivity contribution in [1.29, 1.82) is 0 Å². The van der Waals surface area contributed by atoms with Crippen molar-refractivity contribution in [3.63, 3.8) is 0 Å². The minimum atomic E-state index is -0.343. The van der Waals surface area contributed by atoms with Gasteiger partial charge < -0.3 is 14.9 Å². The second kappa shape index (κ2) is 5.83. The Kier molecular flexibility index (Phi) is 3.93. The molecule has 0 saturated heterocycles. The molecule has 0 spiro atoms. The number of carbonyl (C=O) groups is 1. The van der Waals surface area contributed by atoms with Gasteiger partial charge in [0.2, 0.25) is 0 Å². The van der Waals surface area contributed by atoms with Crippen molar-refractivity contribution in [3.8, 4) is 5.75 Å². The molecule has 0 aliphatic heterocycles. The first-order chi connectivity index (χ1) is 8.78. The topological polar surface area (TPSA) is 90.4 Å². The van der Waals surface area contributed by atoms with Crippen LogP contribution in [-0.2, 0) is 11.3 Å². The lowest BCUT2D eigenvalue weighted by atomic mass is 10.3. The van der Waals surface area contributed by atoms with Crippen LogP contribution in [-0.4, -0.2) is 17.5 Å². The van der Waals surface area contributed by atoms with E-state index in [0.29, 0.717) is 11.4 Å². The van der Waals surface area contributed by atoms with Gasteiger partial charge in [-0.05, 0) is 12.1 Å². The highest BCUT2D eigenvalue weighted by Gasteiger charge is 2.08. The van der Waals surface area contributed by atoms with Crippen molar-refractivity contribution in [2.24, 2.45) is 5.73 Å². The van der Waals surface area contributed by atoms with Crippen LogP contribution >= 0.6 is 0 Å². The van der Waals surface area contributed by atoms with Crippen LogP contribution in [0.4, 0.5) is 6.01 Å². The number of rotatable bonds is 5. The maximum Gasteiger partial charge on any atom is 0.301 e.